The lowest BCUT2D eigenvalue weighted by Crippen LogP contribution is -1.95. The summed E-state index contributed by atoms with van der Waals surface area (Å²) < 4.78 is 5.29. The lowest BCUT2D eigenvalue weighted by molar-refractivity contribution is 0.164. The molecule has 1 aromatic rings. The molecule has 0 bridgehead atoms. The number of thioether (sulfide) groups is 1. The molecule has 0 unspecified atom stereocenters. The highest BCUT2D eigenvalue weighted by Crippen LogP contribution is 2.20. The quantitative estimate of drug-likeness (QED) is 0.544. The van der Waals surface area contributed by atoms with E-state index in [1.807, 2.05) is 18.7 Å². The van der Waals surface area contributed by atoms with Gasteiger partial charge in [0.15, 0.2) is 0 Å². The van der Waals surface area contributed by atoms with Crippen molar-refractivity contribution in [2.24, 2.45) is 0 Å². The van der Waals surface area contributed by atoms with Gasteiger partial charge < -0.3 is 4.74 Å². The molecule has 78 valence electrons. The molecule has 0 spiro atoms. The first-order chi connectivity index (χ1) is 6.74. The van der Waals surface area contributed by atoms with Crippen molar-refractivity contribution in [1.29, 1.82) is 0 Å². The fourth-order valence-corrected chi connectivity index (χ4v) is 2.03. The van der Waals surface area contributed by atoms with Crippen LogP contribution in [0.15, 0.2) is 23.1 Å². The Hall–Kier alpha value is -0.470. The number of ether oxygens (including phenoxy) is 1. The second-order valence-electron chi connectivity index (χ2n) is 3.29. The largest absolute Gasteiger partial charge is 0.381 e. The summed E-state index contributed by atoms with van der Waals surface area (Å²) in [5, 5.41) is 0. The summed E-state index contributed by atoms with van der Waals surface area (Å²) in [6.07, 6.45) is 0. The van der Waals surface area contributed by atoms with Crippen LogP contribution in [-0.4, -0.2) is 19.0 Å². The Morgan fingerprint density at radius 1 is 1.21 bits per heavy atom. The van der Waals surface area contributed by atoms with Crippen LogP contribution in [-0.2, 0) is 4.74 Å². The van der Waals surface area contributed by atoms with Crippen molar-refractivity contribution in [3.63, 3.8) is 0 Å². The van der Waals surface area contributed by atoms with E-state index in [0.29, 0.717) is 0 Å². The minimum atomic E-state index is 0.813. The van der Waals surface area contributed by atoms with Crippen LogP contribution in [0.1, 0.15) is 18.1 Å². The van der Waals surface area contributed by atoms with Crippen molar-refractivity contribution in [3.05, 3.63) is 29.3 Å². The van der Waals surface area contributed by atoms with Crippen LogP contribution in [0.3, 0.4) is 0 Å². The van der Waals surface area contributed by atoms with Crippen LogP contribution in [0.2, 0.25) is 0 Å². The maximum atomic E-state index is 5.29. The molecule has 14 heavy (non-hydrogen) atoms. The van der Waals surface area contributed by atoms with E-state index < -0.39 is 0 Å². The van der Waals surface area contributed by atoms with Gasteiger partial charge in [-0.15, -0.1) is 11.8 Å². The number of rotatable bonds is 5. The van der Waals surface area contributed by atoms with Gasteiger partial charge in [0.1, 0.15) is 0 Å². The molecular weight excluding hydrogens is 192 g/mol. The van der Waals surface area contributed by atoms with Crippen LogP contribution in [0, 0.1) is 13.8 Å². The molecule has 0 aromatic heterocycles. The van der Waals surface area contributed by atoms with Gasteiger partial charge in [-0.2, -0.15) is 0 Å². The first-order valence-electron chi connectivity index (χ1n) is 5.02. The fraction of sp³-hybridized carbons (Fsp3) is 0.500. The monoisotopic (exact) mass is 210 g/mol. The molecule has 1 nitrogen and oxygen atoms in total. The van der Waals surface area contributed by atoms with Crippen molar-refractivity contribution in [1.82, 2.24) is 0 Å². The Labute approximate surface area is 90.9 Å². The van der Waals surface area contributed by atoms with Gasteiger partial charge in [0.2, 0.25) is 0 Å². The molecule has 0 aliphatic rings. The summed E-state index contributed by atoms with van der Waals surface area (Å²) in [4.78, 5) is 1.34. The number of aryl methyl sites for hydroxylation is 2. The Kier molecular flexibility index (Phi) is 5.05. The third-order valence-corrected chi connectivity index (χ3v) is 3.14. The summed E-state index contributed by atoms with van der Waals surface area (Å²) in [5.41, 5.74) is 2.73. The Morgan fingerprint density at radius 3 is 2.64 bits per heavy atom. The third-order valence-electron chi connectivity index (χ3n) is 2.18. The summed E-state index contributed by atoms with van der Waals surface area (Å²) in [7, 11) is 0. The molecule has 0 heterocycles. The topological polar surface area (TPSA) is 9.23 Å². The maximum absolute atomic E-state index is 5.29. The molecule has 0 aliphatic heterocycles. The average molecular weight is 210 g/mol. The second kappa shape index (κ2) is 6.10. The molecule has 1 rings (SSSR count). The van der Waals surface area contributed by atoms with Gasteiger partial charge in [0, 0.05) is 17.3 Å². The van der Waals surface area contributed by atoms with Gasteiger partial charge in [-0.05, 0) is 44.0 Å². The molecule has 0 aliphatic carbocycles. The molecular formula is C12H18OS. The van der Waals surface area contributed by atoms with E-state index in [1.54, 1.807) is 0 Å². The highest BCUT2D eigenvalue weighted by Gasteiger charge is 1.96. The van der Waals surface area contributed by atoms with Crippen molar-refractivity contribution in [2.45, 2.75) is 25.7 Å². The summed E-state index contributed by atoms with van der Waals surface area (Å²) in [6.45, 7) is 7.98. The molecule has 2 heteroatoms. The zero-order chi connectivity index (χ0) is 10.4. The Morgan fingerprint density at radius 2 is 2.00 bits per heavy atom. The van der Waals surface area contributed by atoms with Gasteiger partial charge in [0.05, 0.1) is 6.61 Å². The zero-order valence-corrected chi connectivity index (χ0v) is 9.99. The van der Waals surface area contributed by atoms with Crippen LogP contribution in [0.25, 0.3) is 0 Å². The molecule has 0 saturated carbocycles. The van der Waals surface area contributed by atoms with E-state index in [0.717, 1.165) is 19.0 Å². The summed E-state index contributed by atoms with van der Waals surface area (Å²) in [6, 6.07) is 6.60. The Bertz CT molecular complexity index is 284. The molecule has 0 N–H and O–H groups in total. The van der Waals surface area contributed by atoms with Gasteiger partial charge in [-0.25, -0.2) is 0 Å². The predicted octanol–water partition coefficient (Wildman–Crippen LogP) is 3.43. The average Bonchev–Trinajstić information content (AvgIpc) is 2.18. The van der Waals surface area contributed by atoms with E-state index in [2.05, 4.69) is 32.0 Å². The molecule has 0 amide bonds. The lowest BCUT2D eigenvalue weighted by atomic mass is 10.1. The first-order valence-corrected chi connectivity index (χ1v) is 6.00. The normalized spacial score (nSPS) is 10.5. The fourth-order valence-electron chi connectivity index (χ4n) is 1.17. The highest BCUT2D eigenvalue weighted by atomic mass is 32.2. The summed E-state index contributed by atoms with van der Waals surface area (Å²) in [5.74, 6) is 1.04. The van der Waals surface area contributed by atoms with E-state index in [4.69, 9.17) is 4.74 Å². The molecule has 0 atom stereocenters. The lowest BCUT2D eigenvalue weighted by Gasteiger charge is -2.05. The summed E-state index contributed by atoms with van der Waals surface area (Å²) >= 11 is 1.86. The molecule has 0 radical (unpaired) electrons. The Balaban J connectivity index is 2.39. The number of hydrogen-bond acceptors (Lipinski definition) is 2. The number of benzene rings is 1. The minimum absolute atomic E-state index is 0.813. The number of hydrogen-bond donors (Lipinski definition) is 0. The zero-order valence-electron chi connectivity index (χ0n) is 9.17. The van der Waals surface area contributed by atoms with E-state index in [9.17, 15) is 0 Å². The minimum Gasteiger partial charge on any atom is -0.381 e. The van der Waals surface area contributed by atoms with E-state index >= 15 is 0 Å². The van der Waals surface area contributed by atoms with Gasteiger partial charge in [-0.1, -0.05) is 6.07 Å². The van der Waals surface area contributed by atoms with Gasteiger partial charge in [0.25, 0.3) is 0 Å². The van der Waals surface area contributed by atoms with Crippen LogP contribution in [0.4, 0.5) is 0 Å². The molecule has 0 saturated heterocycles. The van der Waals surface area contributed by atoms with Crippen LogP contribution >= 0.6 is 11.8 Å². The van der Waals surface area contributed by atoms with E-state index in [-0.39, 0.29) is 0 Å². The molecule has 0 fully saturated rings. The van der Waals surface area contributed by atoms with Crippen LogP contribution in [0.5, 0.6) is 0 Å². The van der Waals surface area contributed by atoms with Crippen LogP contribution < -0.4 is 0 Å². The maximum Gasteiger partial charge on any atom is 0.0560 e. The van der Waals surface area contributed by atoms with Gasteiger partial charge >= 0.3 is 0 Å². The van der Waals surface area contributed by atoms with Crippen molar-refractivity contribution < 1.29 is 4.74 Å². The standard InChI is InChI=1S/C12H18OS/c1-4-13-7-8-14-12-6-5-10(2)11(3)9-12/h5-6,9H,4,7-8H2,1-3H3. The van der Waals surface area contributed by atoms with Gasteiger partial charge in [-0.3, -0.25) is 0 Å². The first kappa shape index (κ1) is 11.6. The highest BCUT2D eigenvalue weighted by molar-refractivity contribution is 7.99. The smallest absolute Gasteiger partial charge is 0.0560 e. The van der Waals surface area contributed by atoms with Crippen molar-refractivity contribution in [3.8, 4) is 0 Å². The van der Waals surface area contributed by atoms with Crippen molar-refractivity contribution in [2.75, 3.05) is 19.0 Å². The second-order valence-corrected chi connectivity index (χ2v) is 4.46. The predicted molar refractivity (Wildman–Crippen MR) is 63.1 cm³/mol. The van der Waals surface area contributed by atoms with E-state index in [1.165, 1.54) is 16.0 Å². The molecule has 1 aromatic carbocycles. The third kappa shape index (κ3) is 3.72. The SMILES string of the molecule is CCOCCSc1ccc(C)c(C)c1. The van der Waals surface area contributed by atoms with Crippen molar-refractivity contribution >= 4 is 11.8 Å².